The molecule has 0 amide bonds. The Morgan fingerprint density at radius 1 is 1.20 bits per heavy atom. The van der Waals surface area contributed by atoms with E-state index < -0.39 is 11.9 Å². The van der Waals surface area contributed by atoms with Gasteiger partial charge in [0.2, 0.25) is 5.88 Å². The molecule has 0 unspecified atom stereocenters. The third kappa shape index (κ3) is 3.30. The SMILES string of the molecule is C[C@@H](Oc1ccn2ncc(-c3cnn(C4COC4)c3)c2n1)c1c(Cl)ccc(F)c1Cl. The van der Waals surface area contributed by atoms with Gasteiger partial charge in [-0.25, -0.2) is 8.91 Å². The summed E-state index contributed by atoms with van der Waals surface area (Å²) in [5, 5.41) is 9.03. The van der Waals surface area contributed by atoms with Crippen LogP contribution < -0.4 is 4.74 Å². The van der Waals surface area contributed by atoms with E-state index in [0.29, 0.717) is 35.3 Å². The Bertz CT molecular complexity index is 1240. The number of benzene rings is 1. The molecule has 3 aromatic heterocycles. The fraction of sp³-hybridized carbons (Fsp3) is 0.250. The molecular formula is C20H16Cl2FN5O2. The Morgan fingerprint density at radius 3 is 2.80 bits per heavy atom. The normalized spacial score (nSPS) is 15.3. The lowest BCUT2D eigenvalue weighted by Gasteiger charge is -2.25. The van der Waals surface area contributed by atoms with Crippen molar-refractivity contribution in [3.63, 3.8) is 0 Å². The average molecular weight is 448 g/mol. The molecule has 0 N–H and O–H groups in total. The fourth-order valence-electron chi connectivity index (χ4n) is 3.33. The van der Waals surface area contributed by atoms with Gasteiger partial charge in [0.25, 0.3) is 0 Å². The monoisotopic (exact) mass is 447 g/mol. The maximum atomic E-state index is 13.9. The van der Waals surface area contributed by atoms with Crippen LogP contribution in [-0.4, -0.2) is 37.6 Å². The van der Waals surface area contributed by atoms with Gasteiger partial charge in [-0.15, -0.1) is 0 Å². The van der Waals surface area contributed by atoms with E-state index in [9.17, 15) is 4.39 Å². The van der Waals surface area contributed by atoms with Crippen molar-refractivity contribution in [2.24, 2.45) is 0 Å². The summed E-state index contributed by atoms with van der Waals surface area (Å²) in [6.45, 7) is 3.06. The van der Waals surface area contributed by atoms with Crippen LogP contribution in [0.2, 0.25) is 10.0 Å². The van der Waals surface area contributed by atoms with E-state index in [-0.39, 0.29) is 11.1 Å². The van der Waals surface area contributed by atoms with Crippen LogP contribution in [-0.2, 0) is 4.74 Å². The van der Waals surface area contributed by atoms with E-state index in [1.165, 1.54) is 12.1 Å². The Balaban J connectivity index is 1.46. The molecule has 154 valence electrons. The van der Waals surface area contributed by atoms with E-state index in [1.54, 1.807) is 36.1 Å². The zero-order valence-electron chi connectivity index (χ0n) is 15.8. The molecule has 0 saturated carbocycles. The summed E-state index contributed by atoms with van der Waals surface area (Å²) in [4.78, 5) is 4.58. The molecule has 0 aliphatic carbocycles. The van der Waals surface area contributed by atoms with Crippen molar-refractivity contribution in [2.45, 2.75) is 19.1 Å². The molecule has 7 nitrogen and oxygen atoms in total. The van der Waals surface area contributed by atoms with Crippen LogP contribution in [0.25, 0.3) is 16.8 Å². The summed E-state index contributed by atoms with van der Waals surface area (Å²) >= 11 is 12.3. The van der Waals surface area contributed by atoms with Gasteiger partial charge in [0.05, 0.1) is 36.7 Å². The predicted octanol–water partition coefficient (Wildman–Crippen LogP) is 4.75. The molecule has 4 aromatic rings. The highest BCUT2D eigenvalue weighted by Crippen LogP contribution is 2.35. The summed E-state index contributed by atoms with van der Waals surface area (Å²) in [6.07, 6.45) is 6.60. The lowest BCUT2D eigenvalue weighted by molar-refractivity contribution is -0.0286. The number of aromatic nitrogens is 5. The Hall–Kier alpha value is -2.68. The number of hydrogen-bond donors (Lipinski definition) is 0. The highest BCUT2D eigenvalue weighted by atomic mass is 35.5. The van der Waals surface area contributed by atoms with Crippen LogP contribution in [0.3, 0.4) is 0 Å². The fourth-order valence-corrected chi connectivity index (χ4v) is 4.01. The topological polar surface area (TPSA) is 66.5 Å². The predicted molar refractivity (Wildman–Crippen MR) is 110 cm³/mol. The molecule has 0 spiro atoms. The van der Waals surface area contributed by atoms with Crippen LogP contribution in [0.1, 0.15) is 24.6 Å². The summed E-state index contributed by atoms with van der Waals surface area (Å²) in [7, 11) is 0. The van der Waals surface area contributed by atoms with Gasteiger partial charge in [-0.2, -0.15) is 15.2 Å². The van der Waals surface area contributed by atoms with Crippen LogP contribution >= 0.6 is 23.2 Å². The van der Waals surface area contributed by atoms with Crippen molar-refractivity contribution < 1.29 is 13.9 Å². The first-order valence-corrected chi connectivity index (χ1v) is 10.0. The standard InChI is InChI=1S/C20H16Cl2FN5O2/c1-11(18-15(21)2-3-16(23)19(18)22)30-17-4-5-27-20(26-17)14(7-25-27)12-6-24-28(8-12)13-9-29-10-13/h2-8,11,13H,9-10H2,1H3/t11-/m1/s1. The number of nitrogens with zero attached hydrogens (tertiary/aromatic N) is 5. The molecule has 4 heterocycles. The Morgan fingerprint density at radius 2 is 2.03 bits per heavy atom. The second-order valence-electron chi connectivity index (χ2n) is 7.01. The molecule has 1 saturated heterocycles. The quantitative estimate of drug-likeness (QED) is 0.413. The van der Waals surface area contributed by atoms with Crippen molar-refractivity contribution in [2.75, 3.05) is 13.2 Å². The van der Waals surface area contributed by atoms with Crippen LogP contribution in [0.5, 0.6) is 5.88 Å². The summed E-state index contributed by atoms with van der Waals surface area (Å²) < 4.78 is 28.6. The van der Waals surface area contributed by atoms with Crippen LogP contribution in [0.15, 0.2) is 43.0 Å². The second-order valence-corrected chi connectivity index (χ2v) is 7.79. The van der Waals surface area contributed by atoms with Gasteiger partial charge in [0.15, 0.2) is 5.65 Å². The first-order valence-electron chi connectivity index (χ1n) is 9.28. The van der Waals surface area contributed by atoms with Crippen LogP contribution in [0.4, 0.5) is 4.39 Å². The molecule has 1 atom stereocenters. The second kappa shape index (κ2) is 7.54. The average Bonchev–Trinajstić information content (AvgIpc) is 3.30. The summed E-state index contributed by atoms with van der Waals surface area (Å²) in [6, 6.07) is 4.61. The zero-order valence-corrected chi connectivity index (χ0v) is 17.3. The van der Waals surface area contributed by atoms with Crippen molar-refractivity contribution in [3.05, 3.63) is 64.4 Å². The molecule has 1 aliphatic rings. The molecule has 0 bridgehead atoms. The third-order valence-corrected chi connectivity index (χ3v) is 5.75. The summed E-state index contributed by atoms with van der Waals surface area (Å²) in [5.41, 5.74) is 2.70. The lowest BCUT2D eigenvalue weighted by Crippen LogP contribution is -2.30. The van der Waals surface area contributed by atoms with Crippen molar-refractivity contribution in [1.82, 2.24) is 24.4 Å². The molecule has 1 fully saturated rings. The van der Waals surface area contributed by atoms with Crippen molar-refractivity contribution >= 4 is 28.8 Å². The van der Waals surface area contributed by atoms with E-state index >= 15 is 0 Å². The van der Waals surface area contributed by atoms with E-state index in [2.05, 4.69) is 15.2 Å². The van der Waals surface area contributed by atoms with Gasteiger partial charge < -0.3 is 9.47 Å². The number of halogens is 3. The number of rotatable bonds is 5. The maximum absolute atomic E-state index is 13.9. The Labute approximate surface area is 180 Å². The Kier molecular flexibility index (Phi) is 4.85. The van der Waals surface area contributed by atoms with Crippen LogP contribution in [0, 0.1) is 5.82 Å². The van der Waals surface area contributed by atoms with Gasteiger partial charge in [0, 0.05) is 40.2 Å². The van der Waals surface area contributed by atoms with E-state index in [0.717, 1.165) is 11.1 Å². The molecule has 1 aliphatic heterocycles. The lowest BCUT2D eigenvalue weighted by atomic mass is 10.1. The molecule has 30 heavy (non-hydrogen) atoms. The van der Waals surface area contributed by atoms with Gasteiger partial charge >= 0.3 is 0 Å². The minimum absolute atomic E-state index is 0.0616. The van der Waals surface area contributed by atoms with Gasteiger partial charge in [-0.05, 0) is 19.1 Å². The minimum atomic E-state index is -0.608. The number of fused-ring (bicyclic) bond motifs is 1. The van der Waals surface area contributed by atoms with Crippen molar-refractivity contribution in [3.8, 4) is 17.0 Å². The van der Waals surface area contributed by atoms with E-state index in [1.807, 2.05) is 10.9 Å². The number of ether oxygens (including phenoxy) is 2. The van der Waals surface area contributed by atoms with Gasteiger partial charge in [-0.1, -0.05) is 23.2 Å². The number of hydrogen-bond acceptors (Lipinski definition) is 5. The van der Waals surface area contributed by atoms with E-state index in [4.69, 9.17) is 32.7 Å². The largest absolute Gasteiger partial charge is 0.470 e. The molecule has 1 aromatic carbocycles. The van der Waals surface area contributed by atoms with Gasteiger partial charge in [-0.3, -0.25) is 4.68 Å². The van der Waals surface area contributed by atoms with Crippen molar-refractivity contribution in [1.29, 1.82) is 0 Å². The minimum Gasteiger partial charge on any atom is -0.470 e. The maximum Gasteiger partial charge on any atom is 0.217 e. The molecule has 10 heteroatoms. The van der Waals surface area contributed by atoms with Gasteiger partial charge in [0.1, 0.15) is 11.9 Å². The summed E-state index contributed by atoms with van der Waals surface area (Å²) in [5.74, 6) is -0.213. The molecule has 0 radical (unpaired) electrons. The zero-order chi connectivity index (χ0) is 20.8. The highest BCUT2D eigenvalue weighted by Gasteiger charge is 2.23. The first-order chi connectivity index (χ1) is 14.5. The molecular weight excluding hydrogens is 432 g/mol. The smallest absolute Gasteiger partial charge is 0.217 e. The highest BCUT2D eigenvalue weighted by molar-refractivity contribution is 6.36. The molecule has 5 rings (SSSR count). The third-order valence-electron chi connectivity index (χ3n) is 5.03. The first kappa shape index (κ1) is 19.3.